The number of carbonyl (C=O) groups excluding carboxylic acids is 2. The molecule has 0 spiro atoms. The SMILES string of the molecule is CCOC(=O)c1cnc(SC(C)C(=O)N2CCc3ccccc32)nc1N. The van der Waals surface area contributed by atoms with Crippen molar-refractivity contribution < 1.29 is 14.3 Å². The van der Waals surface area contributed by atoms with E-state index in [-0.39, 0.29) is 29.1 Å². The summed E-state index contributed by atoms with van der Waals surface area (Å²) in [5.41, 5.74) is 8.10. The Morgan fingerprint density at radius 2 is 2.15 bits per heavy atom. The predicted molar refractivity (Wildman–Crippen MR) is 100 cm³/mol. The minimum absolute atomic E-state index is 0.00316. The Hall–Kier alpha value is -2.61. The van der Waals surface area contributed by atoms with E-state index < -0.39 is 5.97 Å². The van der Waals surface area contributed by atoms with Crippen LogP contribution in [-0.4, -0.2) is 40.2 Å². The average Bonchev–Trinajstić information content (AvgIpc) is 3.05. The molecular formula is C18H20N4O3S. The normalized spacial score (nSPS) is 14.0. The Morgan fingerprint density at radius 1 is 1.38 bits per heavy atom. The summed E-state index contributed by atoms with van der Waals surface area (Å²) >= 11 is 1.22. The number of nitrogens with two attached hydrogens (primary N) is 1. The van der Waals surface area contributed by atoms with Gasteiger partial charge in [-0.05, 0) is 31.9 Å². The summed E-state index contributed by atoms with van der Waals surface area (Å²) in [6, 6.07) is 7.91. The number of carbonyl (C=O) groups is 2. The molecule has 0 saturated carbocycles. The molecule has 1 unspecified atom stereocenters. The van der Waals surface area contributed by atoms with Crippen molar-refractivity contribution in [2.75, 3.05) is 23.8 Å². The maximum absolute atomic E-state index is 12.8. The van der Waals surface area contributed by atoms with Crippen molar-refractivity contribution >= 4 is 35.1 Å². The standard InChI is InChI=1S/C18H20N4O3S/c1-3-25-17(24)13-10-20-18(21-15(13)19)26-11(2)16(23)22-9-8-12-6-4-5-7-14(12)22/h4-7,10-11H,3,8-9H2,1-2H3,(H2,19,20,21). The summed E-state index contributed by atoms with van der Waals surface area (Å²) in [6.07, 6.45) is 2.20. The van der Waals surface area contributed by atoms with E-state index in [4.69, 9.17) is 10.5 Å². The second kappa shape index (κ2) is 7.74. The number of thioether (sulfide) groups is 1. The molecule has 2 heterocycles. The Labute approximate surface area is 156 Å². The van der Waals surface area contributed by atoms with Crippen LogP contribution in [0.5, 0.6) is 0 Å². The number of hydrogen-bond acceptors (Lipinski definition) is 7. The van der Waals surface area contributed by atoms with E-state index in [2.05, 4.69) is 9.97 Å². The minimum atomic E-state index is -0.556. The van der Waals surface area contributed by atoms with Crippen LogP contribution in [0.15, 0.2) is 35.6 Å². The second-order valence-corrected chi connectivity index (χ2v) is 7.11. The first kappa shape index (κ1) is 18.2. The zero-order valence-corrected chi connectivity index (χ0v) is 15.5. The molecule has 0 bridgehead atoms. The number of nitrogen functional groups attached to an aromatic ring is 1. The van der Waals surface area contributed by atoms with Gasteiger partial charge in [0.2, 0.25) is 5.91 Å². The number of esters is 1. The highest BCUT2D eigenvalue weighted by molar-refractivity contribution is 8.00. The summed E-state index contributed by atoms with van der Waals surface area (Å²) in [7, 11) is 0. The zero-order valence-electron chi connectivity index (χ0n) is 14.6. The second-order valence-electron chi connectivity index (χ2n) is 5.80. The number of benzene rings is 1. The van der Waals surface area contributed by atoms with Crippen LogP contribution in [-0.2, 0) is 16.0 Å². The molecule has 3 rings (SSSR count). The van der Waals surface area contributed by atoms with Crippen molar-refractivity contribution in [3.05, 3.63) is 41.6 Å². The van der Waals surface area contributed by atoms with Gasteiger partial charge in [-0.25, -0.2) is 14.8 Å². The number of anilines is 2. The zero-order chi connectivity index (χ0) is 18.7. The highest BCUT2D eigenvalue weighted by atomic mass is 32.2. The first-order chi connectivity index (χ1) is 12.5. The van der Waals surface area contributed by atoms with Crippen molar-refractivity contribution in [2.45, 2.75) is 30.7 Å². The topological polar surface area (TPSA) is 98.4 Å². The maximum atomic E-state index is 12.8. The van der Waals surface area contributed by atoms with E-state index >= 15 is 0 Å². The molecule has 1 atom stereocenters. The van der Waals surface area contributed by atoms with Crippen molar-refractivity contribution in [2.24, 2.45) is 0 Å². The number of aromatic nitrogens is 2. The fourth-order valence-electron chi connectivity index (χ4n) is 2.80. The number of rotatable bonds is 5. The summed E-state index contributed by atoms with van der Waals surface area (Å²) in [5, 5.41) is -0.0297. The lowest BCUT2D eigenvalue weighted by molar-refractivity contribution is -0.117. The number of ether oxygens (including phenoxy) is 1. The molecule has 1 aromatic carbocycles. The molecule has 1 aliphatic heterocycles. The van der Waals surface area contributed by atoms with Gasteiger partial charge in [0.25, 0.3) is 0 Å². The molecule has 0 saturated heterocycles. The van der Waals surface area contributed by atoms with Crippen molar-refractivity contribution in [3.8, 4) is 0 Å². The molecule has 0 radical (unpaired) electrons. The lowest BCUT2D eigenvalue weighted by Crippen LogP contribution is -2.35. The number of amides is 1. The van der Waals surface area contributed by atoms with Gasteiger partial charge in [-0.15, -0.1) is 0 Å². The van der Waals surface area contributed by atoms with Crippen LogP contribution in [0.1, 0.15) is 29.8 Å². The van der Waals surface area contributed by atoms with Crippen LogP contribution in [0, 0.1) is 0 Å². The van der Waals surface area contributed by atoms with E-state index in [9.17, 15) is 9.59 Å². The van der Waals surface area contributed by atoms with Gasteiger partial charge in [0.15, 0.2) is 5.16 Å². The third-order valence-electron chi connectivity index (χ3n) is 4.07. The third kappa shape index (κ3) is 3.65. The van der Waals surface area contributed by atoms with Crippen LogP contribution < -0.4 is 10.6 Å². The summed E-state index contributed by atoms with van der Waals surface area (Å²) in [6.45, 7) is 4.45. The summed E-state index contributed by atoms with van der Waals surface area (Å²) in [5.74, 6) is -0.511. The average molecular weight is 372 g/mol. The van der Waals surface area contributed by atoms with Gasteiger partial charge in [-0.3, -0.25) is 4.79 Å². The van der Waals surface area contributed by atoms with Gasteiger partial charge < -0.3 is 15.4 Å². The smallest absolute Gasteiger partial charge is 0.343 e. The van der Waals surface area contributed by atoms with E-state index in [1.807, 2.05) is 31.2 Å². The quantitative estimate of drug-likeness (QED) is 0.488. The largest absolute Gasteiger partial charge is 0.462 e. The lowest BCUT2D eigenvalue weighted by Gasteiger charge is -2.21. The van der Waals surface area contributed by atoms with Crippen LogP contribution in [0.3, 0.4) is 0 Å². The number of hydrogen-bond donors (Lipinski definition) is 1. The molecule has 136 valence electrons. The van der Waals surface area contributed by atoms with Crippen molar-refractivity contribution in [3.63, 3.8) is 0 Å². The van der Waals surface area contributed by atoms with Crippen LogP contribution >= 0.6 is 11.8 Å². The van der Waals surface area contributed by atoms with E-state index in [0.29, 0.717) is 11.7 Å². The molecule has 1 amide bonds. The molecule has 1 aromatic heterocycles. The number of nitrogens with zero attached hydrogens (tertiary/aromatic N) is 3. The Morgan fingerprint density at radius 3 is 2.88 bits per heavy atom. The fraction of sp³-hybridized carbons (Fsp3) is 0.333. The first-order valence-corrected chi connectivity index (χ1v) is 9.24. The predicted octanol–water partition coefficient (Wildman–Crippen LogP) is 2.31. The van der Waals surface area contributed by atoms with Gasteiger partial charge in [0.1, 0.15) is 11.4 Å². The molecule has 26 heavy (non-hydrogen) atoms. The monoisotopic (exact) mass is 372 g/mol. The van der Waals surface area contributed by atoms with Gasteiger partial charge in [0, 0.05) is 18.4 Å². The van der Waals surface area contributed by atoms with Crippen LogP contribution in [0.25, 0.3) is 0 Å². The van der Waals surface area contributed by atoms with Gasteiger partial charge in [-0.2, -0.15) is 0 Å². The van der Waals surface area contributed by atoms with Crippen LogP contribution in [0.2, 0.25) is 0 Å². The molecular weight excluding hydrogens is 352 g/mol. The molecule has 7 nitrogen and oxygen atoms in total. The maximum Gasteiger partial charge on any atom is 0.343 e. The van der Waals surface area contributed by atoms with Gasteiger partial charge >= 0.3 is 5.97 Å². The molecule has 0 aliphatic carbocycles. The molecule has 0 fully saturated rings. The number of fused-ring (bicyclic) bond motifs is 1. The van der Waals surface area contributed by atoms with Gasteiger partial charge in [-0.1, -0.05) is 30.0 Å². The third-order valence-corrected chi connectivity index (χ3v) is 5.04. The van der Waals surface area contributed by atoms with Gasteiger partial charge in [0.05, 0.1) is 11.9 Å². The molecule has 2 aromatic rings. The Kier molecular flexibility index (Phi) is 5.41. The molecule has 2 N–H and O–H groups in total. The fourth-order valence-corrected chi connectivity index (χ4v) is 3.60. The first-order valence-electron chi connectivity index (χ1n) is 8.36. The van der Waals surface area contributed by atoms with E-state index in [1.54, 1.807) is 11.8 Å². The summed E-state index contributed by atoms with van der Waals surface area (Å²) < 4.78 is 4.90. The van der Waals surface area contributed by atoms with Crippen molar-refractivity contribution in [1.29, 1.82) is 0 Å². The number of para-hydroxylation sites is 1. The highest BCUT2D eigenvalue weighted by Gasteiger charge is 2.29. The Balaban J connectivity index is 1.70. The molecule has 8 heteroatoms. The molecule has 1 aliphatic rings. The highest BCUT2D eigenvalue weighted by Crippen LogP contribution is 2.31. The van der Waals surface area contributed by atoms with E-state index in [0.717, 1.165) is 12.1 Å². The van der Waals surface area contributed by atoms with Crippen LogP contribution in [0.4, 0.5) is 11.5 Å². The van der Waals surface area contributed by atoms with Crippen molar-refractivity contribution in [1.82, 2.24) is 9.97 Å². The van der Waals surface area contributed by atoms with E-state index in [1.165, 1.54) is 23.5 Å². The minimum Gasteiger partial charge on any atom is -0.462 e. The lowest BCUT2D eigenvalue weighted by atomic mass is 10.2. The summed E-state index contributed by atoms with van der Waals surface area (Å²) in [4.78, 5) is 34.6. The Bertz CT molecular complexity index is 843.